The molecule has 0 bridgehead atoms. The van der Waals surface area contributed by atoms with Crippen LogP contribution in [0.1, 0.15) is 32.2 Å². The summed E-state index contributed by atoms with van der Waals surface area (Å²) in [5, 5.41) is 16.8. The molecule has 0 aliphatic carbocycles. The quantitative estimate of drug-likeness (QED) is 0.126. The Morgan fingerprint density at radius 2 is 0.814 bits per heavy atom. The Morgan fingerprint density at radius 3 is 1.16 bits per heavy atom. The normalized spacial score (nSPS) is 11.7. The summed E-state index contributed by atoms with van der Waals surface area (Å²) in [6, 6.07) is 39.2. The highest BCUT2D eigenvalue weighted by atomic mass is 16.4. The summed E-state index contributed by atoms with van der Waals surface area (Å²) in [4.78, 5) is 25.5. The van der Waals surface area contributed by atoms with Crippen molar-refractivity contribution in [2.75, 3.05) is 0 Å². The molecule has 1 aromatic heterocycles. The first-order valence-corrected chi connectivity index (χ1v) is 13.7. The minimum absolute atomic E-state index is 0.0471. The zero-order valence-corrected chi connectivity index (χ0v) is 22.8. The summed E-state index contributed by atoms with van der Waals surface area (Å²) >= 11 is 0. The number of nitrogens with zero attached hydrogens (tertiary/aromatic N) is 2. The summed E-state index contributed by atoms with van der Waals surface area (Å²) in [6.45, 7) is 0. The van der Waals surface area contributed by atoms with Crippen LogP contribution in [0, 0.1) is 0 Å². The van der Waals surface area contributed by atoms with E-state index in [9.17, 15) is 9.59 Å². The topological polar surface area (TPSA) is 96.1 Å². The lowest BCUT2D eigenvalue weighted by atomic mass is 9.97. The number of fused-ring (bicyclic) bond motifs is 4. The van der Waals surface area contributed by atoms with Crippen LogP contribution in [0.25, 0.3) is 43.1 Å². The van der Waals surface area contributed by atoms with Gasteiger partial charge < -0.3 is 4.42 Å². The minimum Gasteiger partial charge on any atom is -0.446 e. The molecule has 0 saturated heterocycles. The lowest BCUT2D eigenvalue weighted by Gasteiger charge is -2.08. The van der Waals surface area contributed by atoms with Gasteiger partial charge >= 0.3 is 11.8 Å². The van der Waals surface area contributed by atoms with E-state index in [1.165, 1.54) is 12.1 Å². The molecule has 0 saturated carbocycles. The lowest BCUT2D eigenvalue weighted by Crippen LogP contribution is -2.18. The molecule has 0 aliphatic heterocycles. The maximum absolute atomic E-state index is 12.8. The fourth-order valence-electron chi connectivity index (χ4n) is 5.38. The van der Waals surface area contributed by atoms with Crippen molar-refractivity contribution in [1.82, 2.24) is 10.9 Å². The zero-order valence-electron chi connectivity index (χ0n) is 22.8. The number of carbonyl (C=O) groups is 2. The number of benzene rings is 6. The van der Waals surface area contributed by atoms with E-state index < -0.39 is 11.8 Å². The first-order chi connectivity index (χ1) is 21.2. The van der Waals surface area contributed by atoms with E-state index in [0.717, 1.165) is 54.2 Å². The number of nitrogens with one attached hydrogen (secondary N) is 2. The Morgan fingerprint density at radius 1 is 0.488 bits per heavy atom. The van der Waals surface area contributed by atoms with Gasteiger partial charge in [0, 0.05) is 11.1 Å². The van der Waals surface area contributed by atoms with Crippen LogP contribution in [0.15, 0.2) is 136 Å². The SMILES string of the molecule is O=C(N/N=C\c1c2ccccc2cc2ccccc12)c1ccc(C(=O)N/N=C\c2c3ccccc3cc3ccccc23)o1. The fourth-order valence-corrected chi connectivity index (χ4v) is 5.38. The van der Waals surface area contributed by atoms with Crippen LogP contribution in [-0.2, 0) is 0 Å². The number of hydrogen-bond donors (Lipinski definition) is 2. The van der Waals surface area contributed by atoms with Crippen LogP contribution in [0.2, 0.25) is 0 Å². The Hall–Kier alpha value is -6.08. The molecule has 7 rings (SSSR count). The Balaban J connectivity index is 1.07. The van der Waals surface area contributed by atoms with Gasteiger partial charge in [0.15, 0.2) is 11.5 Å². The Labute approximate surface area is 246 Å². The molecule has 0 fully saturated rings. The summed E-state index contributed by atoms with van der Waals surface area (Å²) in [5.74, 6) is -1.25. The van der Waals surface area contributed by atoms with E-state index in [4.69, 9.17) is 4.42 Å². The van der Waals surface area contributed by atoms with Gasteiger partial charge in [-0.25, -0.2) is 10.9 Å². The van der Waals surface area contributed by atoms with E-state index in [1.807, 2.05) is 97.1 Å². The molecular formula is C36H24N4O3. The van der Waals surface area contributed by atoms with E-state index in [-0.39, 0.29) is 11.5 Å². The predicted octanol–water partition coefficient (Wildman–Crippen LogP) is 7.42. The summed E-state index contributed by atoms with van der Waals surface area (Å²) < 4.78 is 5.52. The van der Waals surface area contributed by atoms with Crippen LogP contribution in [0.4, 0.5) is 0 Å². The van der Waals surface area contributed by atoms with Gasteiger partial charge in [0.05, 0.1) is 12.4 Å². The Bertz CT molecular complexity index is 1980. The number of hydrogen-bond acceptors (Lipinski definition) is 5. The summed E-state index contributed by atoms with van der Waals surface area (Å²) in [7, 11) is 0. The van der Waals surface area contributed by atoms with Crippen LogP contribution < -0.4 is 10.9 Å². The smallest absolute Gasteiger partial charge is 0.307 e. The summed E-state index contributed by atoms with van der Waals surface area (Å²) in [6.07, 6.45) is 3.26. The average molecular weight is 561 g/mol. The number of hydrazone groups is 2. The van der Waals surface area contributed by atoms with Crippen LogP contribution in [-0.4, -0.2) is 24.2 Å². The molecule has 2 N–H and O–H groups in total. The third-order valence-electron chi connectivity index (χ3n) is 7.40. The molecule has 6 aromatic carbocycles. The molecule has 0 atom stereocenters. The van der Waals surface area contributed by atoms with Crippen molar-refractivity contribution in [1.29, 1.82) is 0 Å². The summed E-state index contributed by atoms with van der Waals surface area (Å²) in [5.41, 5.74) is 6.79. The van der Waals surface area contributed by atoms with Crippen molar-refractivity contribution in [2.24, 2.45) is 10.2 Å². The molecule has 7 heteroatoms. The van der Waals surface area contributed by atoms with Gasteiger partial charge in [-0.2, -0.15) is 10.2 Å². The minimum atomic E-state index is -0.578. The van der Waals surface area contributed by atoms with E-state index in [0.29, 0.717) is 0 Å². The van der Waals surface area contributed by atoms with Gasteiger partial charge in [0.25, 0.3) is 0 Å². The fraction of sp³-hybridized carbons (Fsp3) is 0. The van der Waals surface area contributed by atoms with Crippen molar-refractivity contribution in [2.45, 2.75) is 0 Å². The highest BCUT2D eigenvalue weighted by molar-refractivity contribution is 6.14. The van der Waals surface area contributed by atoms with Crippen molar-refractivity contribution in [3.63, 3.8) is 0 Å². The molecule has 0 spiro atoms. The van der Waals surface area contributed by atoms with Gasteiger partial charge in [-0.15, -0.1) is 0 Å². The first-order valence-electron chi connectivity index (χ1n) is 13.7. The second-order valence-electron chi connectivity index (χ2n) is 10.0. The molecule has 2 amide bonds. The number of rotatable bonds is 6. The molecule has 7 nitrogen and oxygen atoms in total. The third-order valence-corrected chi connectivity index (χ3v) is 7.40. The maximum Gasteiger partial charge on any atom is 0.307 e. The van der Waals surface area contributed by atoms with E-state index in [1.54, 1.807) is 12.4 Å². The predicted molar refractivity (Wildman–Crippen MR) is 172 cm³/mol. The van der Waals surface area contributed by atoms with Crippen LogP contribution in [0.5, 0.6) is 0 Å². The average Bonchev–Trinajstić information content (AvgIpc) is 3.55. The standard InChI is InChI=1S/C36H24N4O3/c41-35(39-37-21-31-27-13-5-1-9-23(27)19-24-10-2-6-14-28(24)31)33-17-18-34(43-33)36(42)40-38-22-32-29-15-7-3-11-25(29)20-26-12-4-8-16-30(26)32/h1-22H,(H,39,41)(H,40,42)/b37-21-,38-22-. The molecule has 43 heavy (non-hydrogen) atoms. The maximum atomic E-state index is 12.8. The lowest BCUT2D eigenvalue weighted by molar-refractivity contribution is 0.0902. The highest BCUT2D eigenvalue weighted by Gasteiger charge is 2.15. The molecule has 1 heterocycles. The molecular weight excluding hydrogens is 536 g/mol. The van der Waals surface area contributed by atoms with Gasteiger partial charge in [-0.05, 0) is 67.4 Å². The van der Waals surface area contributed by atoms with Gasteiger partial charge in [-0.3, -0.25) is 9.59 Å². The number of furan rings is 1. The number of amides is 2. The molecule has 0 unspecified atom stereocenters. The van der Waals surface area contributed by atoms with Gasteiger partial charge in [-0.1, -0.05) is 97.1 Å². The van der Waals surface area contributed by atoms with Gasteiger partial charge in [0.2, 0.25) is 0 Å². The van der Waals surface area contributed by atoms with Crippen LogP contribution >= 0.6 is 0 Å². The monoisotopic (exact) mass is 560 g/mol. The molecule has 7 aromatic rings. The Kier molecular flexibility index (Phi) is 6.65. The first kappa shape index (κ1) is 25.9. The van der Waals surface area contributed by atoms with Crippen molar-refractivity contribution in [3.05, 3.63) is 144 Å². The highest BCUT2D eigenvalue weighted by Crippen LogP contribution is 2.28. The second kappa shape index (κ2) is 11.1. The largest absolute Gasteiger partial charge is 0.446 e. The molecule has 0 radical (unpaired) electrons. The number of carbonyl (C=O) groups excluding carboxylic acids is 2. The second-order valence-corrected chi connectivity index (χ2v) is 10.0. The molecule has 0 aliphatic rings. The third kappa shape index (κ3) is 5.00. The zero-order chi connectivity index (χ0) is 29.2. The van der Waals surface area contributed by atoms with Crippen molar-refractivity contribution < 1.29 is 14.0 Å². The van der Waals surface area contributed by atoms with Crippen molar-refractivity contribution >= 4 is 67.3 Å². The molecule has 206 valence electrons. The van der Waals surface area contributed by atoms with Crippen molar-refractivity contribution in [3.8, 4) is 0 Å². The van der Waals surface area contributed by atoms with E-state index in [2.05, 4.69) is 33.2 Å². The van der Waals surface area contributed by atoms with E-state index >= 15 is 0 Å². The van der Waals surface area contributed by atoms with Crippen LogP contribution in [0.3, 0.4) is 0 Å². The van der Waals surface area contributed by atoms with Gasteiger partial charge in [0.1, 0.15) is 0 Å².